The van der Waals surface area contributed by atoms with E-state index >= 15 is 0 Å². The van der Waals surface area contributed by atoms with Crippen LogP contribution in [0.1, 0.15) is 5.56 Å². The highest BCUT2D eigenvalue weighted by Gasteiger charge is 2.18. The molecule has 0 aliphatic carbocycles. The van der Waals surface area contributed by atoms with Crippen molar-refractivity contribution < 1.29 is 17.4 Å². The molecule has 0 bridgehead atoms. The number of nitrogens with zero attached hydrogens (tertiary/aromatic N) is 4. The number of sulfonamides is 1. The molecular weight excluding hydrogens is 406 g/mol. The molecule has 3 aromatic heterocycles. The largest absolute Gasteiger partial charge is 0.451 e. The van der Waals surface area contributed by atoms with Gasteiger partial charge in [0.25, 0.3) is 15.9 Å². The minimum absolute atomic E-state index is 0.134. The molecule has 5 aromatic rings. The van der Waals surface area contributed by atoms with E-state index in [0.717, 1.165) is 22.2 Å². The first kappa shape index (κ1) is 18.3. The van der Waals surface area contributed by atoms with Crippen molar-refractivity contribution in [3.05, 3.63) is 72.8 Å². The summed E-state index contributed by atoms with van der Waals surface area (Å²) in [6, 6.07) is 16.9. The Labute approximate surface area is 170 Å². The fraction of sp³-hybridized carbons (Fsp3) is 0.0500. The lowest BCUT2D eigenvalue weighted by Gasteiger charge is -2.05. The van der Waals surface area contributed by atoms with E-state index in [9.17, 15) is 8.42 Å². The summed E-state index contributed by atoms with van der Waals surface area (Å²) in [6.45, 7) is 0.637. The first-order valence-electron chi connectivity index (χ1n) is 8.92. The van der Waals surface area contributed by atoms with Crippen LogP contribution in [-0.2, 0) is 16.6 Å². The monoisotopic (exact) mass is 421 g/mol. The van der Waals surface area contributed by atoms with Crippen molar-refractivity contribution >= 4 is 21.1 Å². The summed E-state index contributed by atoms with van der Waals surface area (Å²) in [4.78, 5) is 8.76. The molecule has 3 heterocycles. The van der Waals surface area contributed by atoms with Gasteiger partial charge in [-0.15, -0.1) is 0 Å². The minimum atomic E-state index is -3.95. The van der Waals surface area contributed by atoms with Crippen LogP contribution in [0.2, 0.25) is 0 Å². The second-order valence-corrected chi connectivity index (χ2v) is 8.18. The molecule has 0 saturated heterocycles. The number of aromatic nitrogens is 4. The van der Waals surface area contributed by atoms with E-state index in [1.54, 1.807) is 0 Å². The Morgan fingerprint density at radius 2 is 1.90 bits per heavy atom. The van der Waals surface area contributed by atoms with Gasteiger partial charge < -0.3 is 13.5 Å². The first-order chi connectivity index (χ1) is 14.5. The van der Waals surface area contributed by atoms with Crippen molar-refractivity contribution in [1.82, 2.24) is 19.7 Å². The molecule has 0 unspecified atom stereocenters. The second kappa shape index (κ2) is 6.94. The summed E-state index contributed by atoms with van der Waals surface area (Å²) in [6.07, 6.45) is 3.02. The Bertz CT molecular complexity index is 1470. The average molecular weight is 421 g/mol. The third-order valence-electron chi connectivity index (χ3n) is 4.59. The lowest BCUT2D eigenvalue weighted by atomic mass is 10.1. The Morgan fingerprint density at radius 3 is 2.73 bits per heavy atom. The maximum absolute atomic E-state index is 11.4. The van der Waals surface area contributed by atoms with E-state index in [-0.39, 0.29) is 11.0 Å². The van der Waals surface area contributed by atoms with Crippen LogP contribution in [0, 0.1) is 0 Å². The van der Waals surface area contributed by atoms with Crippen LogP contribution >= 0.6 is 0 Å². The number of furan rings is 1. The minimum Gasteiger partial charge on any atom is -0.451 e. The van der Waals surface area contributed by atoms with Crippen molar-refractivity contribution in [3.63, 3.8) is 0 Å². The summed E-state index contributed by atoms with van der Waals surface area (Å²) in [5.41, 5.74) is 4.13. The van der Waals surface area contributed by atoms with E-state index in [4.69, 9.17) is 14.1 Å². The zero-order chi connectivity index (χ0) is 20.7. The second-order valence-electron chi connectivity index (χ2n) is 6.68. The van der Waals surface area contributed by atoms with Crippen molar-refractivity contribution in [3.8, 4) is 22.8 Å². The van der Waals surface area contributed by atoms with Gasteiger partial charge in [-0.2, -0.15) is 4.98 Å². The number of rotatable bonds is 5. The molecular formula is C20H15N5O4S. The third-order valence-corrected chi connectivity index (χ3v) is 5.37. The summed E-state index contributed by atoms with van der Waals surface area (Å²) in [5, 5.41) is 8.68. The smallest absolute Gasteiger partial charge is 0.271 e. The molecule has 150 valence electrons. The van der Waals surface area contributed by atoms with Gasteiger partial charge >= 0.3 is 0 Å². The highest BCUT2D eigenvalue weighted by Crippen LogP contribution is 2.26. The molecule has 2 aromatic carbocycles. The van der Waals surface area contributed by atoms with Gasteiger partial charge in [-0.3, -0.25) is 0 Å². The SMILES string of the molecule is NS(=O)(=O)c1cc(-c2nc(-c3cccc(Cn4cnc5ccccc54)c3)no2)co1. The number of hydrogen-bond acceptors (Lipinski definition) is 7. The quantitative estimate of drug-likeness (QED) is 0.461. The number of hydrogen-bond donors (Lipinski definition) is 1. The molecule has 0 atom stereocenters. The van der Waals surface area contributed by atoms with Gasteiger partial charge in [0.05, 0.1) is 22.9 Å². The fourth-order valence-electron chi connectivity index (χ4n) is 3.18. The van der Waals surface area contributed by atoms with Crippen molar-refractivity contribution in [2.75, 3.05) is 0 Å². The fourth-order valence-corrected chi connectivity index (χ4v) is 3.65. The zero-order valence-electron chi connectivity index (χ0n) is 15.5. The van der Waals surface area contributed by atoms with E-state index < -0.39 is 10.0 Å². The number of fused-ring (bicyclic) bond motifs is 1. The van der Waals surface area contributed by atoms with Crippen LogP contribution in [0.5, 0.6) is 0 Å². The molecule has 0 spiro atoms. The standard InChI is InChI=1S/C20H15N5O4S/c21-30(26,27)18-9-15(11-28-18)20-23-19(24-29-20)14-5-3-4-13(8-14)10-25-12-22-16-6-1-2-7-17(16)25/h1-9,11-12H,10H2,(H2,21,26,27). The van der Waals surface area contributed by atoms with Crippen LogP contribution in [0.4, 0.5) is 0 Å². The number of benzene rings is 2. The summed E-state index contributed by atoms with van der Waals surface area (Å²) >= 11 is 0. The molecule has 30 heavy (non-hydrogen) atoms. The van der Waals surface area contributed by atoms with Gasteiger partial charge in [0.1, 0.15) is 6.26 Å². The highest BCUT2D eigenvalue weighted by atomic mass is 32.2. The molecule has 9 nitrogen and oxygen atoms in total. The molecule has 0 aliphatic rings. The van der Waals surface area contributed by atoms with Crippen LogP contribution < -0.4 is 5.14 Å². The summed E-state index contributed by atoms with van der Waals surface area (Å²) < 4.78 is 35.0. The topological polar surface area (TPSA) is 130 Å². The lowest BCUT2D eigenvalue weighted by molar-refractivity contribution is 0.429. The van der Waals surface area contributed by atoms with Gasteiger partial charge in [0.15, 0.2) is 0 Å². The predicted octanol–water partition coefficient (Wildman–Crippen LogP) is 3.04. The Morgan fingerprint density at radius 1 is 1.03 bits per heavy atom. The molecule has 2 N–H and O–H groups in total. The highest BCUT2D eigenvalue weighted by molar-refractivity contribution is 7.89. The van der Waals surface area contributed by atoms with Crippen molar-refractivity contribution in [1.29, 1.82) is 0 Å². The molecule has 0 fully saturated rings. The molecule has 5 rings (SSSR count). The molecule has 0 radical (unpaired) electrons. The predicted molar refractivity (Wildman–Crippen MR) is 108 cm³/mol. The number of nitrogens with two attached hydrogens (primary N) is 1. The van der Waals surface area contributed by atoms with Crippen LogP contribution in [0.15, 0.2) is 81.2 Å². The average Bonchev–Trinajstić information content (AvgIpc) is 3.47. The van der Waals surface area contributed by atoms with Crippen LogP contribution in [0.3, 0.4) is 0 Å². The third kappa shape index (κ3) is 3.38. The van der Waals surface area contributed by atoms with Crippen LogP contribution in [-0.4, -0.2) is 28.1 Å². The van der Waals surface area contributed by atoms with E-state index in [0.29, 0.717) is 17.9 Å². The normalized spacial score (nSPS) is 11.9. The Balaban J connectivity index is 1.43. The first-order valence-corrected chi connectivity index (χ1v) is 10.5. The lowest BCUT2D eigenvalue weighted by Crippen LogP contribution is -2.10. The van der Waals surface area contributed by atoms with E-state index in [2.05, 4.69) is 19.7 Å². The maximum atomic E-state index is 11.4. The Kier molecular flexibility index (Phi) is 4.23. The number of para-hydroxylation sites is 2. The van der Waals surface area contributed by atoms with E-state index in [1.807, 2.05) is 54.9 Å². The number of imidazole rings is 1. The van der Waals surface area contributed by atoms with Gasteiger partial charge in [-0.25, -0.2) is 18.5 Å². The summed E-state index contributed by atoms with van der Waals surface area (Å²) in [7, 11) is -3.95. The maximum Gasteiger partial charge on any atom is 0.271 e. The summed E-state index contributed by atoms with van der Waals surface area (Å²) in [5.74, 6) is 0.510. The number of primary sulfonamides is 1. The molecule has 0 aliphatic heterocycles. The Hall–Kier alpha value is -3.76. The van der Waals surface area contributed by atoms with Gasteiger partial charge in [-0.05, 0) is 23.8 Å². The zero-order valence-corrected chi connectivity index (χ0v) is 16.3. The molecule has 0 saturated carbocycles. The van der Waals surface area contributed by atoms with Crippen molar-refractivity contribution in [2.24, 2.45) is 5.14 Å². The van der Waals surface area contributed by atoms with E-state index in [1.165, 1.54) is 12.3 Å². The molecule has 10 heteroatoms. The van der Waals surface area contributed by atoms with Gasteiger partial charge in [0.2, 0.25) is 10.9 Å². The molecule has 0 amide bonds. The van der Waals surface area contributed by atoms with Gasteiger partial charge in [0, 0.05) is 18.2 Å². The van der Waals surface area contributed by atoms with Crippen molar-refractivity contribution in [2.45, 2.75) is 11.6 Å². The van der Waals surface area contributed by atoms with Gasteiger partial charge in [-0.1, -0.05) is 35.5 Å². The van der Waals surface area contributed by atoms with Crippen LogP contribution in [0.25, 0.3) is 33.9 Å².